The van der Waals surface area contributed by atoms with Gasteiger partial charge in [-0.15, -0.1) is 0 Å². The van der Waals surface area contributed by atoms with Crippen molar-refractivity contribution in [2.75, 3.05) is 18.7 Å². The number of aryl methyl sites for hydroxylation is 1. The Hall–Kier alpha value is -2.57. The summed E-state index contributed by atoms with van der Waals surface area (Å²) >= 11 is 0. The molecule has 1 N–H and O–H groups in total. The summed E-state index contributed by atoms with van der Waals surface area (Å²) in [5, 5.41) is 15.2. The number of carboxylic acids is 1. The molecule has 0 radical (unpaired) electrons. The van der Waals surface area contributed by atoms with Gasteiger partial charge in [0.05, 0.1) is 13.7 Å². The second-order valence-corrected chi connectivity index (χ2v) is 5.51. The first-order valence-electron chi connectivity index (χ1n) is 7.26. The molecule has 7 heteroatoms. The molecule has 0 aliphatic carbocycles. The highest BCUT2D eigenvalue weighted by molar-refractivity contribution is 6.38. The van der Waals surface area contributed by atoms with Crippen LogP contribution in [0, 0.1) is 6.92 Å². The Bertz CT molecular complexity index is 670. The highest BCUT2D eigenvalue weighted by Crippen LogP contribution is 2.39. The molecule has 0 saturated heterocycles. The van der Waals surface area contributed by atoms with Crippen LogP contribution in [-0.2, 0) is 14.3 Å². The molecule has 0 saturated carbocycles. The minimum atomic E-state index is -1.39. The summed E-state index contributed by atoms with van der Waals surface area (Å²) in [5.41, 5.74) is 0.119. The van der Waals surface area contributed by atoms with Crippen LogP contribution in [0.1, 0.15) is 25.8 Å². The molecule has 1 aliphatic heterocycles. The summed E-state index contributed by atoms with van der Waals surface area (Å²) < 4.78 is 10.3. The standard InChI is InChI=1S/C16H20N2O5/c1-5-23-14(19)11-9-16(3,15(20)21)18(17-11)12-8-10(2)6-7-13(12)22-4/h6-8H,5,9H2,1-4H3,(H,20,21). The third kappa shape index (κ3) is 2.99. The van der Waals surface area contributed by atoms with E-state index in [1.54, 1.807) is 19.1 Å². The average Bonchev–Trinajstić information content (AvgIpc) is 2.87. The Labute approximate surface area is 134 Å². The van der Waals surface area contributed by atoms with Crippen molar-refractivity contribution in [2.45, 2.75) is 32.7 Å². The van der Waals surface area contributed by atoms with Gasteiger partial charge < -0.3 is 14.6 Å². The molecule has 0 fully saturated rings. The van der Waals surface area contributed by atoms with Crippen LogP contribution in [0.2, 0.25) is 0 Å². The molecule has 1 aliphatic rings. The lowest BCUT2D eigenvalue weighted by Crippen LogP contribution is -2.47. The fourth-order valence-electron chi connectivity index (χ4n) is 2.45. The van der Waals surface area contributed by atoms with Crippen molar-refractivity contribution in [3.05, 3.63) is 23.8 Å². The average molecular weight is 320 g/mol. The number of rotatable bonds is 5. The molecule has 1 unspecified atom stereocenters. The maximum absolute atomic E-state index is 12.0. The number of carboxylic acid groups (broad SMARTS) is 1. The zero-order valence-corrected chi connectivity index (χ0v) is 13.6. The highest BCUT2D eigenvalue weighted by atomic mass is 16.5. The van der Waals surface area contributed by atoms with E-state index in [0.717, 1.165) is 5.56 Å². The number of anilines is 1. The van der Waals surface area contributed by atoms with Crippen LogP contribution in [0.25, 0.3) is 0 Å². The van der Waals surface area contributed by atoms with Crippen LogP contribution < -0.4 is 9.75 Å². The molecule has 0 spiro atoms. The van der Waals surface area contributed by atoms with Crippen molar-refractivity contribution in [3.8, 4) is 5.75 Å². The number of hydrogen-bond acceptors (Lipinski definition) is 6. The number of benzene rings is 1. The summed E-state index contributed by atoms with van der Waals surface area (Å²) in [7, 11) is 1.50. The van der Waals surface area contributed by atoms with Gasteiger partial charge >= 0.3 is 11.9 Å². The van der Waals surface area contributed by atoms with Crippen molar-refractivity contribution >= 4 is 23.3 Å². The van der Waals surface area contributed by atoms with Gasteiger partial charge in [0.25, 0.3) is 0 Å². The van der Waals surface area contributed by atoms with E-state index in [0.29, 0.717) is 11.4 Å². The van der Waals surface area contributed by atoms with Crippen molar-refractivity contribution in [3.63, 3.8) is 0 Å². The molecule has 1 heterocycles. The molecule has 0 aromatic heterocycles. The minimum absolute atomic E-state index is 0.0434. The predicted molar refractivity (Wildman–Crippen MR) is 84.9 cm³/mol. The Morgan fingerprint density at radius 1 is 1.43 bits per heavy atom. The monoisotopic (exact) mass is 320 g/mol. The summed E-state index contributed by atoms with van der Waals surface area (Å²) in [6, 6.07) is 5.37. The molecular formula is C16H20N2O5. The quantitative estimate of drug-likeness (QED) is 0.835. The predicted octanol–water partition coefficient (Wildman–Crippen LogP) is 1.98. The van der Waals surface area contributed by atoms with Gasteiger partial charge in [-0.1, -0.05) is 6.07 Å². The van der Waals surface area contributed by atoms with Crippen molar-refractivity contribution in [1.29, 1.82) is 0 Å². The van der Waals surface area contributed by atoms with E-state index >= 15 is 0 Å². The van der Waals surface area contributed by atoms with Crippen LogP contribution in [0.4, 0.5) is 5.69 Å². The number of methoxy groups -OCH3 is 1. The van der Waals surface area contributed by atoms with Crippen LogP contribution in [0.3, 0.4) is 0 Å². The number of nitrogens with zero attached hydrogens (tertiary/aromatic N) is 2. The number of hydrazone groups is 1. The summed E-state index contributed by atoms with van der Waals surface area (Å²) in [6.07, 6.45) is -0.0434. The van der Waals surface area contributed by atoms with Gasteiger partial charge in [0.15, 0.2) is 5.54 Å². The lowest BCUT2D eigenvalue weighted by molar-refractivity contribution is -0.142. The van der Waals surface area contributed by atoms with Crippen LogP contribution in [0.15, 0.2) is 23.3 Å². The van der Waals surface area contributed by atoms with Crippen LogP contribution in [0.5, 0.6) is 5.75 Å². The zero-order chi connectivity index (χ0) is 17.2. The molecule has 1 atom stereocenters. The van der Waals surface area contributed by atoms with Gasteiger partial charge in [-0.25, -0.2) is 14.6 Å². The van der Waals surface area contributed by atoms with E-state index in [-0.39, 0.29) is 18.7 Å². The molecule has 124 valence electrons. The summed E-state index contributed by atoms with van der Waals surface area (Å²) in [6.45, 7) is 5.29. The first kappa shape index (κ1) is 16.8. The Balaban J connectivity index is 2.53. The maximum Gasteiger partial charge on any atom is 0.354 e. The second kappa shape index (κ2) is 6.28. The van der Waals surface area contributed by atoms with Crippen molar-refractivity contribution in [1.82, 2.24) is 0 Å². The van der Waals surface area contributed by atoms with E-state index in [1.807, 2.05) is 13.0 Å². The molecule has 1 aromatic carbocycles. The van der Waals surface area contributed by atoms with Crippen LogP contribution >= 0.6 is 0 Å². The van der Waals surface area contributed by atoms with E-state index in [4.69, 9.17) is 9.47 Å². The van der Waals surface area contributed by atoms with E-state index in [9.17, 15) is 14.7 Å². The number of aliphatic carboxylic acids is 1. The molecule has 7 nitrogen and oxygen atoms in total. The highest BCUT2D eigenvalue weighted by Gasteiger charge is 2.48. The lowest BCUT2D eigenvalue weighted by atomic mass is 9.95. The van der Waals surface area contributed by atoms with E-state index in [1.165, 1.54) is 19.0 Å². The first-order valence-corrected chi connectivity index (χ1v) is 7.26. The van der Waals surface area contributed by atoms with Crippen LogP contribution in [-0.4, -0.2) is 42.0 Å². The van der Waals surface area contributed by atoms with Gasteiger partial charge in [0, 0.05) is 6.42 Å². The number of carbonyl (C=O) groups is 2. The lowest BCUT2D eigenvalue weighted by Gasteiger charge is -2.31. The minimum Gasteiger partial charge on any atom is -0.495 e. The number of ether oxygens (including phenoxy) is 2. The van der Waals surface area contributed by atoms with Gasteiger partial charge in [-0.3, -0.25) is 0 Å². The maximum atomic E-state index is 12.0. The Morgan fingerprint density at radius 2 is 2.13 bits per heavy atom. The molecular weight excluding hydrogens is 300 g/mol. The van der Waals surface area contributed by atoms with Gasteiger partial charge in [0.1, 0.15) is 17.1 Å². The molecule has 0 amide bonds. The Kier molecular flexibility index (Phi) is 4.58. The topological polar surface area (TPSA) is 88.4 Å². The second-order valence-electron chi connectivity index (χ2n) is 5.51. The number of esters is 1. The summed E-state index contributed by atoms with van der Waals surface area (Å²) in [5.74, 6) is -1.20. The van der Waals surface area contributed by atoms with Crippen molar-refractivity contribution < 1.29 is 24.2 Å². The largest absolute Gasteiger partial charge is 0.495 e. The smallest absolute Gasteiger partial charge is 0.354 e. The van der Waals surface area contributed by atoms with Gasteiger partial charge in [0.2, 0.25) is 0 Å². The molecule has 1 aromatic rings. The summed E-state index contributed by atoms with van der Waals surface area (Å²) in [4.78, 5) is 23.8. The Morgan fingerprint density at radius 3 is 2.70 bits per heavy atom. The van der Waals surface area contributed by atoms with Gasteiger partial charge in [-0.05, 0) is 38.5 Å². The third-order valence-corrected chi connectivity index (χ3v) is 3.73. The first-order chi connectivity index (χ1) is 10.8. The fraction of sp³-hybridized carbons (Fsp3) is 0.438. The number of carbonyl (C=O) groups excluding carboxylic acids is 1. The van der Waals surface area contributed by atoms with Gasteiger partial charge in [-0.2, -0.15) is 5.10 Å². The normalized spacial score (nSPS) is 20.2. The van der Waals surface area contributed by atoms with Crippen molar-refractivity contribution in [2.24, 2.45) is 5.10 Å². The SMILES string of the molecule is CCOC(=O)C1=NN(c2cc(C)ccc2OC)C(C)(C(=O)O)C1. The zero-order valence-electron chi connectivity index (χ0n) is 13.6. The number of hydrogen-bond donors (Lipinski definition) is 1. The molecule has 23 heavy (non-hydrogen) atoms. The fourth-order valence-corrected chi connectivity index (χ4v) is 2.45. The van der Waals surface area contributed by atoms with E-state index < -0.39 is 17.5 Å². The molecule has 2 rings (SSSR count). The van der Waals surface area contributed by atoms with E-state index in [2.05, 4.69) is 5.10 Å². The third-order valence-electron chi connectivity index (χ3n) is 3.73. The molecule has 0 bridgehead atoms.